The van der Waals surface area contributed by atoms with E-state index in [2.05, 4.69) is 86.2 Å². The van der Waals surface area contributed by atoms with E-state index in [9.17, 15) is 14.4 Å². The summed E-state index contributed by atoms with van der Waals surface area (Å²) in [6, 6.07) is 18.7. The van der Waals surface area contributed by atoms with E-state index < -0.39 is 46.7 Å². The number of rotatable bonds is 16. The Kier molecular flexibility index (Phi) is 19.6. The molecule has 1 unspecified atom stereocenters. The van der Waals surface area contributed by atoms with Crippen LogP contribution in [-0.2, 0) is 28.6 Å². The van der Waals surface area contributed by atoms with Crippen molar-refractivity contribution in [2.45, 2.75) is 132 Å². The van der Waals surface area contributed by atoms with E-state index in [-0.39, 0.29) is 36.3 Å². The van der Waals surface area contributed by atoms with Crippen LogP contribution in [0.1, 0.15) is 104 Å². The number of aryl methyl sites for hydroxylation is 2. The molecule has 3 rings (SSSR count). The van der Waals surface area contributed by atoms with Gasteiger partial charge in [-0.2, -0.15) is 0 Å². The molecule has 0 bridgehead atoms. The molecule has 0 amide bonds. The Morgan fingerprint density at radius 3 is 1.58 bits per heavy atom. The Morgan fingerprint density at radius 2 is 1.15 bits per heavy atom. The first-order valence-electron chi connectivity index (χ1n) is 20.1. The first-order valence-corrected chi connectivity index (χ1v) is 25.9. The Hall–Kier alpha value is -4.82. The van der Waals surface area contributed by atoms with Crippen molar-refractivity contribution in [2.24, 2.45) is 0 Å². The van der Waals surface area contributed by atoms with Crippen LogP contribution in [0.3, 0.4) is 0 Å². The molecule has 0 heterocycles. The first-order chi connectivity index (χ1) is 27.2. The Balaban J connectivity index is 0.000000599. The van der Waals surface area contributed by atoms with Crippen LogP contribution in [0.2, 0.25) is 36.3 Å². The number of methoxy groups -OCH3 is 1. The molecule has 0 spiro atoms. The summed E-state index contributed by atoms with van der Waals surface area (Å²) in [6.45, 7) is 39.1. The smallest absolute Gasteiger partial charge is 0.337 e. The third-order valence-corrected chi connectivity index (χ3v) is 19.5. The highest BCUT2D eigenvalue weighted by Crippen LogP contribution is 2.41. The van der Waals surface area contributed by atoms with Gasteiger partial charge in [0.05, 0.1) is 37.5 Å². The van der Waals surface area contributed by atoms with Crippen LogP contribution in [0.4, 0.5) is 5.69 Å². The lowest BCUT2D eigenvalue weighted by Gasteiger charge is -2.37. The molecule has 0 aromatic heterocycles. The summed E-state index contributed by atoms with van der Waals surface area (Å²) in [6.07, 6.45) is -0.913. The van der Waals surface area contributed by atoms with Gasteiger partial charge in [0.1, 0.15) is 17.2 Å². The molecule has 332 valence electrons. The predicted molar refractivity (Wildman–Crippen MR) is 250 cm³/mol. The maximum atomic E-state index is 12.6. The minimum Gasteiger partial charge on any atom is -0.543 e. The molecule has 10 nitrogen and oxygen atoms in total. The molecule has 1 N–H and O–H groups in total. The number of esters is 3. The van der Waals surface area contributed by atoms with E-state index in [0.717, 1.165) is 39.6 Å². The molecule has 0 fully saturated rings. The Labute approximate surface area is 363 Å². The van der Waals surface area contributed by atoms with Gasteiger partial charge >= 0.3 is 17.9 Å². The molecule has 0 aliphatic rings. The van der Waals surface area contributed by atoms with Crippen molar-refractivity contribution in [3.8, 4) is 17.2 Å². The van der Waals surface area contributed by atoms with Crippen LogP contribution in [0.5, 0.6) is 17.2 Å². The van der Waals surface area contributed by atoms with Crippen LogP contribution >= 0.6 is 0 Å². The molecule has 0 saturated heterocycles. The summed E-state index contributed by atoms with van der Waals surface area (Å²) in [4.78, 5) is 36.3. The fourth-order valence-electron chi connectivity index (χ4n) is 5.08. The molecule has 0 aliphatic carbocycles. The van der Waals surface area contributed by atoms with Crippen molar-refractivity contribution in [1.29, 1.82) is 0 Å². The number of nitrogens with one attached hydrogen (secondary N) is 1. The molecule has 0 aliphatic heterocycles. The minimum atomic E-state index is -2.05. The summed E-state index contributed by atoms with van der Waals surface area (Å²) >= 11 is 0. The number of anilines is 1. The summed E-state index contributed by atoms with van der Waals surface area (Å²) in [5.41, 5.74) is 4.76. The highest BCUT2D eigenvalue weighted by Gasteiger charge is 2.40. The van der Waals surface area contributed by atoms with Crippen molar-refractivity contribution in [3.63, 3.8) is 0 Å². The second-order valence-electron chi connectivity index (χ2n) is 17.6. The average molecular weight is 864 g/mol. The van der Waals surface area contributed by atoms with Gasteiger partial charge in [-0.1, -0.05) is 92.5 Å². The number of benzene rings is 3. The van der Waals surface area contributed by atoms with E-state index in [1.807, 2.05) is 74.5 Å². The summed E-state index contributed by atoms with van der Waals surface area (Å²) in [5, 5.41) is 3.54. The van der Waals surface area contributed by atoms with E-state index in [4.69, 9.17) is 27.8 Å². The standard InChI is InChI=1S/C26H37NO4Si.C21H32O5Si.CH4/c1-10-30-25(28)19(3)24(27-21-12-11-13-22(17-21)29-7)20-15-14-18(2)23(16-20)31-32(8,9)26(4,5)6;1-10-24-20(23)15(3)19(25-16(4)22)17-12-11-14(2)18(13-17)26-27(8,9)21(5,6)7;/h11-17,24,27H,3,10H2,1-2,4-9H3;11-13,19H,3,10H2,1-2,4-9H3;1H4/t24-;;/m1../s1. The van der Waals surface area contributed by atoms with Crippen LogP contribution in [-0.4, -0.2) is 54.9 Å². The fraction of sp³-hybridized carbons (Fsp3) is 0.479. The Bertz CT molecular complexity index is 1960. The van der Waals surface area contributed by atoms with E-state index in [1.54, 1.807) is 21.0 Å². The lowest BCUT2D eigenvalue weighted by molar-refractivity contribution is -0.148. The third kappa shape index (κ3) is 14.7. The van der Waals surface area contributed by atoms with E-state index in [1.165, 1.54) is 6.92 Å². The molecule has 60 heavy (non-hydrogen) atoms. The highest BCUT2D eigenvalue weighted by atomic mass is 28.4. The zero-order valence-corrected chi connectivity index (χ0v) is 40.4. The van der Waals surface area contributed by atoms with Crippen LogP contribution in [0.25, 0.3) is 0 Å². The highest BCUT2D eigenvalue weighted by molar-refractivity contribution is 6.75. The Morgan fingerprint density at radius 1 is 0.700 bits per heavy atom. The summed E-state index contributed by atoms with van der Waals surface area (Å²) in [5.74, 6) is 0.770. The molecule has 12 heteroatoms. The van der Waals surface area contributed by atoms with Crippen LogP contribution in [0, 0.1) is 13.8 Å². The van der Waals surface area contributed by atoms with Gasteiger partial charge in [0.2, 0.25) is 16.6 Å². The van der Waals surface area contributed by atoms with Gasteiger partial charge in [-0.3, -0.25) is 4.79 Å². The van der Waals surface area contributed by atoms with Crippen molar-refractivity contribution >= 4 is 40.2 Å². The number of hydrogen-bond acceptors (Lipinski definition) is 10. The van der Waals surface area contributed by atoms with Gasteiger partial charge in [-0.05, 0) is 105 Å². The van der Waals surface area contributed by atoms with E-state index >= 15 is 0 Å². The number of hydrogen-bond donors (Lipinski definition) is 1. The number of carbonyl (C=O) groups is 3. The zero-order valence-electron chi connectivity index (χ0n) is 38.4. The normalized spacial score (nSPS) is 12.5. The average Bonchev–Trinajstić information content (AvgIpc) is 3.13. The third-order valence-electron chi connectivity index (χ3n) is 10.8. The fourth-order valence-corrected chi connectivity index (χ4v) is 7.23. The van der Waals surface area contributed by atoms with Crippen LogP contribution < -0.4 is 18.9 Å². The lowest BCUT2D eigenvalue weighted by Crippen LogP contribution is -2.44. The van der Waals surface area contributed by atoms with Crippen molar-refractivity contribution < 1.29 is 42.2 Å². The zero-order chi connectivity index (χ0) is 45.1. The van der Waals surface area contributed by atoms with Gasteiger partial charge in [0.25, 0.3) is 0 Å². The predicted octanol–water partition coefficient (Wildman–Crippen LogP) is 12.4. The first kappa shape index (κ1) is 53.2. The molecule has 2 atom stereocenters. The SMILES string of the molecule is C.C=C(C(=O)OCC)C(OC(C)=O)c1ccc(C)c(O[Si](C)(C)C(C)(C)C)c1.C=C(C(=O)OCC)[C@@H](Nc1cccc(OC)c1)c1ccc(C)c(O[Si](C)(C)C(C)(C)C)c1. The number of carbonyl (C=O) groups excluding carboxylic acids is 3. The quantitative estimate of drug-likeness (QED) is 0.0645. The maximum Gasteiger partial charge on any atom is 0.337 e. The molecule has 3 aromatic carbocycles. The molecule has 0 radical (unpaired) electrons. The van der Waals surface area contributed by atoms with Gasteiger partial charge in [-0.25, -0.2) is 9.59 Å². The van der Waals surface area contributed by atoms with Gasteiger partial charge in [0.15, 0.2) is 6.10 Å². The largest absolute Gasteiger partial charge is 0.543 e. The van der Waals surface area contributed by atoms with Gasteiger partial charge in [0, 0.05) is 24.2 Å². The maximum absolute atomic E-state index is 12.6. The van der Waals surface area contributed by atoms with E-state index in [0.29, 0.717) is 11.1 Å². The summed E-state index contributed by atoms with van der Waals surface area (Å²) in [7, 11) is -2.46. The second-order valence-corrected chi connectivity index (χ2v) is 27.0. The molecular formula is C48H73NO9Si2. The lowest BCUT2D eigenvalue weighted by atomic mass is 9.97. The van der Waals surface area contributed by atoms with Crippen molar-refractivity contribution in [2.75, 3.05) is 25.6 Å². The molecular weight excluding hydrogens is 791 g/mol. The summed E-state index contributed by atoms with van der Waals surface area (Å²) < 4.78 is 34.0. The van der Waals surface area contributed by atoms with Gasteiger partial charge < -0.3 is 33.1 Å². The topological polar surface area (TPSA) is 119 Å². The van der Waals surface area contributed by atoms with Crippen LogP contribution in [0.15, 0.2) is 85.0 Å². The minimum absolute atomic E-state index is 0. The molecule has 0 saturated carbocycles. The number of ether oxygens (including phenoxy) is 4. The molecule has 3 aromatic rings. The van der Waals surface area contributed by atoms with Gasteiger partial charge in [-0.15, -0.1) is 0 Å². The van der Waals surface area contributed by atoms with Crippen molar-refractivity contribution in [3.05, 3.63) is 107 Å². The monoisotopic (exact) mass is 863 g/mol. The van der Waals surface area contributed by atoms with Crippen molar-refractivity contribution in [1.82, 2.24) is 0 Å². The second kappa shape index (κ2) is 22.1.